The summed E-state index contributed by atoms with van der Waals surface area (Å²) in [6, 6.07) is 5.07. The predicted molar refractivity (Wildman–Crippen MR) is 76.6 cm³/mol. The fraction of sp³-hybridized carbons (Fsp3) is 0.600. The fourth-order valence-electron chi connectivity index (χ4n) is 2.69. The number of rotatable bonds is 4. The van der Waals surface area contributed by atoms with E-state index in [2.05, 4.69) is 9.80 Å². The molecule has 1 aliphatic heterocycles. The van der Waals surface area contributed by atoms with E-state index in [9.17, 15) is 9.50 Å². The molecule has 2 rings (SSSR count). The molecule has 0 spiro atoms. The molecule has 0 radical (unpaired) electrons. The van der Waals surface area contributed by atoms with Crippen molar-refractivity contribution in [1.29, 1.82) is 0 Å². The normalized spacial score (nSPS) is 22.8. The number of hydrogen-bond acceptors (Lipinski definition) is 4. The van der Waals surface area contributed by atoms with Crippen molar-refractivity contribution < 1.29 is 14.2 Å². The van der Waals surface area contributed by atoms with Crippen LogP contribution in [-0.2, 0) is 6.42 Å². The molecule has 1 saturated heterocycles. The van der Waals surface area contributed by atoms with E-state index in [1.807, 2.05) is 14.1 Å². The van der Waals surface area contributed by atoms with Gasteiger partial charge < -0.3 is 14.7 Å². The topological polar surface area (TPSA) is 35.9 Å². The Hall–Kier alpha value is -1.17. The maximum absolute atomic E-state index is 14.1. The standard InChI is InChI=1S/C15H23FN2O2/c1-17-7-8-18(2)12(10-17)13(19)9-11-5-4-6-14(20-3)15(11)16/h4-6,12-13,19H,7-10H2,1-3H3. The molecular formula is C15H23FN2O2. The summed E-state index contributed by atoms with van der Waals surface area (Å²) >= 11 is 0. The number of aliphatic hydroxyl groups excluding tert-OH is 1. The lowest BCUT2D eigenvalue weighted by Gasteiger charge is -2.40. The average molecular weight is 282 g/mol. The van der Waals surface area contributed by atoms with Crippen LogP contribution in [0, 0.1) is 5.82 Å². The van der Waals surface area contributed by atoms with Crippen molar-refractivity contribution in [2.24, 2.45) is 0 Å². The molecule has 0 bridgehead atoms. The van der Waals surface area contributed by atoms with Crippen molar-refractivity contribution >= 4 is 0 Å². The molecule has 4 nitrogen and oxygen atoms in total. The smallest absolute Gasteiger partial charge is 0.168 e. The Kier molecular flexibility index (Phi) is 4.96. The fourth-order valence-corrected chi connectivity index (χ4v) is 2.69. The van der Waals surface area contributed by atoms with E-state index in [0.29, 0.717) is 12.0 Å². The first-order valence-corrected chi connectivity index (χ1v) is 6.91. The van der Waals surface area contributed by atoms with Crippen LogP contribution >= 0.6 is 0 Å². The van der Waals surface area contributed by atoms with Crippen LogP contribution in [0.25, 0.3) is 0 Å². The zero-order chi connectivity index (χ0) is 14.7. The van der Waals surface area contributed by atoms with Crippen LogP contribution in [0.2, 0.25) is 0 Å². The third kappa shape index (κ3) is 3.29. The van der Waals surface area contributed by atoms with Gasteiger partial charge in [-0.1, -0.05) is 12.1 Å². The Morgan fingerprint density at radius 2 is 2.15 bits per heavy atom. The van der Waals surface area contributed by atoms with E-state index in [4.69, 9.17) is 4.74 Å². The lowest BCUT2D eigenvalue weighted by Crippen LogP contribution is -2.55. The van der Waals surface area contributed by atoms with Gasteiger partial charge >= 0.3 is 0 Å². The van der Waals surface area contributed by atoms with Crippen molar-refractivity contribution in [2.45, 2.75) is 18.6 Å². The molecule has 1 fully saturated rings. The second-order valence-corrected chi connectivity index (χ2v) is 5.52. The lowest BCUT2D eigenvalue weighted by molar-refractivity contribution is 0.0149. The molecular weight excluding hydrogens is 259 g/mol. The van der Waals surface area contributed by atoms with E-state index in [1.54, 1.807) is 18.2 Å². The molecule has 2 atom stereocenters. The van der Waals surface area contributed by atoms with E-state index in [1.165, 1.54) is 7.11 Å². The minimum atomic E-state index is -0.593. The summed E-state index contributed by atoms with van der Waals surface area (Å²) < 4.78 is 19.1. The molecule has 1 N–H and O–H groups in total. The average Bonchev–Trinajstić information content (AvgIpc) is 2.43. The molecule has 0 aliphatic carbocycles. The van der Waals surface area contributed by atoms with E-state index >= 15 is 0 Å². The van der Waals surface area contributed by atoms with Crippen molar-refractivity contribution in [2.75, 3.05) is 40.8 Å². The van der Waals surface area contributed by atoms with Crippen molar-refractivity contribution in [3.05, 3.63) is 29.6 Å². The number of likely N-dealkylation sites (N-methyl/N-ethyl adjacent to an activating group) is 2. The number of halogens is 1. The van der Waals surface area contributed by atoms with Crippen LogP contribution in [0.1, 0.15) is 5.56 Å². The minimum absolute atomic E-state index is 0.0272. The molecule has 112 valence electrons. The molecule has 1 heterocycles. The quantitative estimate of drug-likeness (QED) is 0.893. The Balaban J connectivity index is 2.09. The van der Waals surface area contributed by atoms with Crippen LogP contribution in [0.15, 0.2) is 18.2 Å². The monoisotopic (exact) mass is 282 g/mol. The Morgan fingerprint density at radius 3 is 2.85 bits per heavy atom. The number of hydrogen-bond donors (Lipinski definition) is 1. The zero-order valence-corrected chi connectivity index (χ0v) is 12.3. The highest BCUT2D eigenvalue weighted by atomic mass is 19.1. The predicted octanol–water partition coefficient (Wildman–Crippen LogP) is 0.983. The highest BCUT2D eigenvalue weighted by Gasteiger charge is 2.29. The summed E-state index contributed by atoms with van der Waals surface area (Å²) in [7, 11) is 5.49. The zero-order valence-electron chi connectivity index (χ0n) is 12.3. The van der Waals surface area contributed by atoms with Crippen LogP contribution in [0.3, 0.4) is 0 Å². The van der Waals surface area contributed by atoms with E-state index < -0.39 is 6.10 Å². The maximum atomic E-state index is 14.1. The number of ether oxygens (including phenoxy) is 1. The Morgan fingerprint density at radius 1 is 1.40 bits per heavy atom. The van der Waals surface area contributed by atoms with E-state index in [-0.39, 0.29) is 17.6 Å². The van der Waals surface area contributed by atoms with Gasteiger partial charge in [-0.05, 0) is 25.7 Å². The third-order valence-corrected chi connectivity index (χ3v) is 4.04. The van der Waals surface area contributed by atoms with Crippen molar-refractivity contribution in [3.63, 3.8) is 0 Å². The lowest BCUT2D eigenvalue weighted by atomic mass is 9.98. The highest BCUT2D eigenvalue weighted by Crippen LogP contribution is 2.22. The molecule has 0 aromatic heterocycles. The van der Waals surface area contributed by atoms with Gasteiger partial charge in [0.1, 0.15) is 0 Å². The second-order valence-electron chi connectivity index (χ2n) is 5.52. The first-order valence-electron chi connectivity index (χ1n) is 6.91. The molecule has 0 saturated carbocycles. The number of benzene rings is 1. The third-order valence-electron chi connectivity index (χ3n) is 4.04. The summed E-state index contributed by atoms with van der Waals surface area (Å²) in [5.74, 6) is -0.148. The van der Waals surface area contributed by atoms with Crippen LogP contribution in [-0.4, -0.2) is 67.9 Å². The molecule has 1 aromatic carbocycles. The maximum Gasteiger partial charge on any atom is 0.168 e. The number of nitrogens with zero attached hydrogens (tertiary/aromatic N) is 2. The summed E-state index contributed by atoms with van der Waals surface area (Å²) in [6.07, 6.45) is -0.296. The van der Waals surface area contributed by atoms with Gasteiger partial charge in [-0.2, -0.15) is 0 Å². The van der Waals surface area contributed by atoms with Gasteiger partial charge in [-0.3, -0.25) is 4.90 Å². The summed E-state index contributed by atoms with van der Waals surface area (Å²) in [6.45, 7) is 2.70. The van der Waals surface area contributed by atoms with E-state index in [0.717, 1.165) is 19.6 Å². The minimum Gasteiger partial charge on any atom is -0.494 e. The summed E-state index contributed by atoms with van der Waals surface area (Å²) in [5, 5.41) is 10.4. The molecule has 0 amide bonds. The van der Waals surface area contributed by atoms with Gasteiger partial charge in [0.25, 0.3) is 0 Å². The molecule has 5 heteroatoms. The largest absolute Gasteiger partial charge is 0.494 e. The van der Waals surface area contributed by atoms with Gasteiger partial charge in [-0.15, -0.1) is 0 Å². The van der Waals surface area contributed by atoms with Crippen LogP contribution in [0.4, 0.5) is 4.39 Å². The Labute approximate surface area is 119 Å². The SMILES string of the molecule is COc1cccc(CC(O)C2CN(C)CCN2C)c1F. The van der Waals surface area contributed by atoms with Gasteiger partial charge in [-0.25, -0.2) is 4.39 Å². The number of piperazine rings is 1. The van der Waals surface area contributed by atoms with Gasteiger partial charge in [0.15, 0.2) is 11.6 Å². The number of aliphatic hydroxyl groups is 1. The first-order chi connectivity index (χ1) is 9.52. The van der Waals surface area contributed by atoms with Gasteiger partial charge in [0.2, 0.25) is 0 Å². The van der Waals surface area contributed by atoms with Crippen molar-refractivity contribution in [1.82, 2.24) is 9.80 Å². The van der Waals surface area contributed by atoms with Crippen molar-refractivity contribution in [3.8, 4) is 5.75 Å². The highest BCUT2D eigenvalue weighted by molar-refractivity contribution is 5.31. The Bertz CT molecular complexity index is 455. The molecule has 1 aromatic rings. The molecule has 2 unspecified atom stereocenters. The van der Waals surface area contributed by atoms with Gasteiger partial charge in [0, 0.05) is 32.1 Å². The number of methoxy groups -OCH3 is 1. The summed E-state index contributed by atoms with van der Waals surface area (Å²) in [4.78, 5) is 4.33. The second kappa shape index (κ2) is 6.52. The van der Waals surface area contributed by atoms with Crippen LogP contribution in [0.5, 0.6) is 5.75 Å². The summed E-state index contributed by atoms with van der Waals surface area (Å²) in [5.41, 5.74) is 0.499. The molecule has 1 aliphatic rings. The molecule has 20 heavy (non-hydrogen) atoms. The van der Waals surface area contributed by atoms with Crippen LogP contribution < -0.4 is 4.74 Å². The first kappa shape index (κ1) is 15.2. The van der Waals surface area contributed by atoms with Gasteiger partial charge in [0.05, 0.1) is 13.2 Å².